The predicted octanol–water partition coefficient (Wildman–Crippen LogP) is 0.488. The van der Waals surface area contributed by atoms with Gasteiger partial charge in [0.25, 0.3) is 5.78 Å². The molecule has 1 aromatic heterocycles. The van der Waals surface area contributed by atoms with Crippen LogP contribution >= 0.6 is 0 Å². The van der Waals surface area contributed by atoms with Gasteiger partial charge in [-0.15, -0.1) is 0 Å². The number of carbonyl (C=O) groups excluding carboxylic acids is 2. The summed E-state index contributed by atoms with van der Waals surface area (Å²) in [6, 6.07) is 1.30. The van der Waals surface area contributed by atoms with Gasteiger partial charge in [0.05, 0.1) is 18.4 Å². The summed E-state index contributed by atoms with van der Waals surface area (Å²) in [6.07, 6.45) is 1.44. The number of methoxy groups -OCH3 is 1. The molecule has 1 N–H and O–H groups in total. The normalized spacial score (nSPS) is 13.2. The number of hydrogen-bond acceptors (Lipinski definition) is 4. The van der Waals surface area contributed by atoms with Gasteiger partial charge in [-0.05, 0) is 18.9 Å². The van der Waals surface area contributed by atoms with E-state index in [9.17, 15) is 14.4 Å². The van der Waals surface area contributed by atoms with Gasteiger partial charge < -0.3 is 14.4 Å². The maximum Gasteiger partial charge on any atom is 0.378 e. The third-order valence-electron chi connectivity index (χ3n) is 2.84. The summed E-state index contributed by atoms with van der Waals surface area (Å²) in [4.78, 5) is 33.6. The van der Waals surface area contributed by atoms with Crippen molar-refractivity contribution < 1.29 is 24.2 Å². The number of hydrogen-bond donors (Lipinski definition) is 1. The molecule has 0 saturated heterocycles. The van der Waals surface area contributed by atoms with Crippen LogP contribution in [0.4, 0.5) is 0 Å². The van der Waals surface area contributed by atoms with Crippen molar-refractivity contribution >= 4 is 17.7 Å². The van der Waals surface area contributed by atoms with Crippen LogP contribution in [-0.4, -0.2) is 34.5 Å². The average Bonchev–Trinajstić information content (AvgIpc) is 2.87. The van der Waals surface area contributed by atoms with Crippen LogP contribution in [0.15, 0.2) is 6.07 Å². The Morgan fingerprint density at radius 3 is 2.71 bits per heavy atom. The zero-order valence-electron chi connectivity index (χ0n) is 9.23. The van der Waals surface area contributed by atoms with Crippen molar-refractivity contribution in [3.8, 4) is 0 Å². The van der Waals surface area contributed by atoms with Crippen molar-refractivity contribution in [3.63, 3.8) is 0 Å². The smallest absolute Gasteiger partial charge is 0.378 e. The van der Waals surface area contributed by atoms with Gasteiger partial charge in [0.1, 0.15) is 0 Å². The van der Waals surface area contributed by atoms with E-state index in [0.29, 0.717) is 18.7 Å². The highest BCUT2D eigenvalue weighted by atomic mass is 16.5. The number of esters is 1. The highest BCUT2D eigenvalue weighted by molar-refractivity contribution is 6.39. The molecule has 1 aromatic rings. The van der Waals surface area contributed by atoms with Gasteiger partial charge in [0, 0.05) is 12.2 Å². The topological polar surface area (TPSA) is 85.6 Å². The van der Waals surface area contributed by atoms with Crippen LogP contribution in [0.5, 0.6) is 0 Å². The molecule has 1 aliphatic heterocycles. The SMILES string of the molecule is COC(=O)c1cc(C(=O)C(=O)O)n2c1CCC2. The van der Waals surface area contributed by atoms with Crippen LogP contribution in [0.25, 0.3) is 0 Å². The number of aromatic nitrogens is 1. The van der Waals surface area contributed by atoms with Crippen LogP contribution < -0.4 is 0 Å². The second kappa shape index (κ2) is 4.04. The summed E-state index contributed by atoms with van der Waals surface area (Å²) in [5.74, 6) is -3.06. The van der Waals surface area contributed by atoms with Gasteiger partial charge in [-0.1, -0.05) is 0 Å². The molecule has 0 amide bonds. The Morgan fingerprint density at radius 2 is 2.12 bits per heavy atom. The largest absolute Gasteiger partial charge is 0.475 e. The summed E-state index contributed by atoms with van der Waals surface area (Å²) >= 11 is 0. The lowest BCUT2D eigenvalue weighted by atomic mass is 10.1. The highest BCUT2D eigenvalue weighted by Gasteiger charge is 2.29. The maximum atomic E-state index is 11.5. The third kappa shape index (κ3) is 1.71. The second-order valence-electron chi connectivity index (χ2n) is 3.77. The average molecular weight is 237 g/mol. The number of ketones is 1. The number of rotatable bonds is 3. The van der Waals surface area contributed by atoms with Gasteiger partial charge >= 0.3 is 11.9 Å². The van der Waals surface area contributed by atoms with Crippen LogP contribution in [0, 0.1) is 0 Å². The van der Waals surface area contributed by atoms with Gasteiger partial charge in [-0.3, -0.25) is 4.79 Å². The molecule has 2 rings (SSSR count). The summed E-state index contributed by atoms with van der Waals surface area (Å²) in [6.45, 7) is 0.556. The van der Waals surface area contributed by atoms with E-state index in [1.54, 1.807) is 4.57 Å². The lowest BCUT2D eigenvalue weighted by Crippen LogP contribution is -2.16. The van der Waals surface area contributed by atoms with Crippen molar-refractivity contribution in [3.05, 3.63) is 23.0 Å². The third-order valence-corrected chi connectivity index (χ3v) is 2.84. The van der Waals surface area contributed by atoms with E-state index >= 15 is 0 Å². The molecule has 0 aliphatic carbocycles. The quantitative estimate of drug-likeness (QED) is 0.469. The first-order valence-electron chi connectivity index (χ1n) is 5.14. The molecule has 1 aliphatic rings. The fraction of sp³-hybridized carbons (Fsp3) is 0.364. The summed E-state index contributed by atoms with van der Waals surface area (Å²) in [7, 11) is 1.25. The number of carboxylic acid groups (broad SMARTS) is 1. The van der Waals surface area contributed by atoms with Gasteiger partial charge in [0.15, 0.2) is 0 Å². The van der Waals surface area contributed by atoms with Crippen molar-refractivity contribution in [2.75, 3.05) is 7.11 Å². The zero-order valence-corrected chi connectivity index (χ0v) is 9.23. The number of fused-ring (bicyclic) bond motifs is 1. The molecule has 0 bridgehead atoms. The fourth-order valence-electron chi connectivity index (χ4n) is 2.10. The molecule has 0 atom stereocenters. The lowest BCUT2D eigenvalue weighted by Gasteiger charge is -2.01. The molecular formula is C11H11NO5. The zero-order chi connectivity index (χ0) is 12.6. The van der Waals surface area contributed by atoms with Gasteiger partial charge in [-0.25, -0.2) is 9.59 Å². The molecule has 6 nitrogen and oxygen atoms in total. The Morgan fingerprint density at radius 1 is 1.41 bits per heavy atom. The van der Waals surface area contributed by atoms with E-state index < -0.39 is 17.7 Å². The number of aliphatic carboxylic acids is 1. The van der Waals surface area contributed by atoms with E-state index in [2.05, 4.69) is 4.74 Å². The first kappa shape index (κ1) is 11.4. The van der Waals surface area contributed by atoms with E-state index in [0.717, 1.165) is 6.42 Å². The Balaban J connectivity index is 2.52. The molecule has 0 spiro atoms. The minimum atomic E-state index is -1.52. The molecule has 17 heavy (non-hydrogen) atoms. The van der Waals surface area contributed by atoms with Gasteiger partial charge in [-0.2, -0.15) is 0 Å². The first-order valence-corrected chi connectivity index (χ1v) is 5.14. The Kier molecular flexibility index (Phi) is 2.71. The predicted molar refractivity (Wildman–Crippen MR) is 56.1 cm³/mol. The van der Waals surface area contributed by atoms with Crippen LogP contribution in [0.2, 0.25) is 0 Å². The number of carbonyl (C=O) groups is 3. The monoisotopic (exact) mass is 237 g/mol. The second-order valence-corrected chi connectivity index (χ2v) is 3.77. The molecular weight excluding hydrogens is 226 g/mol. The van der Waals surface area contributed by atoms with E-state index in [4.69, 9.17) is 5.11 Å². The van der Waals surface area contributed by atoms with Crippen molar-refractivity contribution in [1.82, 2.24) is 4.57 Å². The van der Waals surface area contributed by atoms with Gasteiger partial charge in [0.2, 0.25) is 0 Å². The summed E-state index contributed by atoms with van der Waals surface area (Å²) < 4.78 is 6.19. The van der Waals surface area contributed by atoms with Crippen molar-refractivity contribution in [1.29, 1.82) is 0 Å². The lowest BCUT2D eigenvalue weighted by molar-refractivity contribution is -0.131. The standard InChI is InChI=1S/C11H11NO5/c1-17-11(16)6-5-8(9(13)10(14)15)12-4-2-3-7(6)12/h5H,2-4H2,1H3,(H,14,15). The maximum absolute atomic E-state index is 11.5. The van der Waals surface area contributed by atoms with E-state index in [1.165, 1.54) is 13.2 Å². The molecule has 0 radical (unpaired) electrons. The van der Waals surface area contributed by atoms with Crippen LogP contribution in [0.3, 0.4) is 0 Å². The van der Waals surface area contributed by atoms with Crippen molar-refractivity contribution in [2.24, 2.45) is 0 Å². The number of carboxylic acids is 1. The van der Waals surface area contributed by atoms with E-state index in [-0.39, 0.29) is 11.3 Å². The number of ether oxygens (including phenoxy) is 1. The minimum absolute atomic E-state index is 0.0467. The molecule has 0 unspecified atom stereocenters. The molecule has 2 heterocycles. The van der Waals surface area contributed by atoms with Crippen LogP contribution in [-0.2, 0) is 22.5 Å². The van der Waals surface area contributed by atoms with Crippen LogP contribution in [0.1, 0.15) is 33.0 Å². The first-order chi connectivity index (χ1) is 8.06. The molecule has 0 aromatic carbocycles. The molecule has 6 heteroatoms. The summed E-state index contributed by atoms with van der Waals surface area (Å²) in [5, 5.41) is 8.69. The Bertz CT molecular complexity index is 514. The van der Waals surface area contributed by atoms with Crippen molar-refractivity contribution in [2.45, 2.75) is 19.4 Å². The molecule has 0 saturated carbocycles. The highest BCUT2D eigenvalue weighted by Crippen LogP contribution is 2.25. The molecule has 90 valence electrons. The Labute approximate surface area is 96.8 Å². The van der Waals surface area contributed by atoms with E-state index in [1.807, 2.05) is 0 Å². The summed E-state index contributed by atoms with van der Waals surface area (Å²) in [5.41, 5.74) is 1.02. The Hall–Kier alpha value is -2.11. The fourth-order valence-corrected chi connectivity index (χ4v) is 2.10. The molecule has 0 fully saturated rings. The minimum Gasteiger partial charge on any atom is -0.475 e. The number of Topliss-reactive ketones (excluding diaryl/α,β-unsaturated/α-hetero) is 1. The number of nitrogens with zero attached hydrogens (tertiary/aromatic N) is 1.